The molecule has 3 nitrogen and oxygen atoms in total. The first-order valence-corrected chi connectivity index (χ1v) is 9.56. The number of alkyl halides is 1. The average Bonchev–Trinajstić information content (AvgIpc) is 2.44. The molecule has 0 spiro atoms. The van der Waals surface area contributed by atoms with E-state index in [9.17, 15) is 9.67 Å². The fourth-order valence-electron chi connectivity index (χ4n) is 1.69. The highest BCUT2D eigenvalue weighted by Gasteiger charge is 2.48. The zero-order valence-corrected chi connectivity index (χ0v) is 15.4. The fraction of sp³-hybridized carbons (Fsp3) is 0.500. The van der Waals surface area contributed by atoms with Crippen LogP contribution in [0.3, 0.4) is 0 Å². The lowest BCUT2D eigenvalue weighted by Crippen LogP contribution is -2.28. The van der Waals surface area contributed by atoms with E-state index in [0.717, 1.165) is 0 Å². The highest BCUT2D eigenvalue weighted by Crippen LogP contribution is 2.62. The number of hydrogen-bond donors (Lipinski definition) is 1. The Kier molecular flexibility index (Phi) is 6.25. The van der Waals surface area contributed by atoms with Gasteiger partial charge in [0.05, 0.1) is 6.61 Å². The number of rotatable bonds is 5. The Morgan fingerprint density at radius 1 is 1.29 bits per heavy atom. The summed E-state index contributed by atoms with van der Waals surface area (Å²) in [5.74, 6) is 2.94. The topological polar surface area (TPSA) is 46.5 Å². The van der Waals surface area contributed by atoms with Crippen molar-refractivity contribution >= 4 is 23.3 Å². The zero-order valence-electron chi connectivity index (χ0n) is 12.9. The van der Waals surface area contributed by atoms with Crippen LogP contribution in [0.25, 0.3) is 0 Å². The largest absolute Gasteiger partial charge is 0.374 e. The molecule has 1 rings (SSSR count). The summed E-state index contributed by atoms with van der Waals surface area (Å²) in [6, 6.07) is 8.87. The van der Waals surface area contributed by atoms with Crippen molar-refractivity contribution in [3.8, 4) is 11.6 Å². The fourth-order valence-corrected chi connectivity index (χ4v) is 4.96. The second kappa shape index (κ2) is 7.11. The van der Waals surface area contributed by atoms with Gasteiger partial charge in [-0.3, -0.25) is 4.57 Å². The summed E-state index contributed by atoms with van der Waals surface area (Å²) in [6.45, 7) is 7.73. The minimum Gasteiger partial charge on any atom is -0.374 e. The molecule has 5 heteroatoms. The third-order valence-corrected chi connectivity index (χ3v) is 6.46. The summed E-state index contributed by atoms with van der Waals surface area (Å²) >= 11 is 3.26. The minimum atomic E-state index is -3.61. The second-order valence-corrected chi connectivity index (χ2v) is 8.66. The van der Waals surface area contributed by atoms with Gasteiger partial charge in [-0.15, -0.1) is 0 Å². The van der Waals surface area contributed by atoms with Crippen LogP contribution in [-0.4, -0.2) is 17.0 Å². The lowest BCUT2D eigenvalue weighted by molar-refractivity contribution is 0.128. The molecule has 0 amide bonds. The first kappa shape index (κ1) is 18.5. The molecule has 21 heavy (non-hydrogen) atoms. The lowest BCUT2D eigenvalue weighted by atomic mass is 9.99. The van der Waals surface area contributed by atoms with Crippen LogP contribution in [0.4, 0.5) is 0 Å². The van der Waals surface area contributed by atoms with Crippen molar-refractivity contribution in [3.63, 3.8) is 0 Å². The number of hydrogen-bond acceptors (Lipinski definition) is 3. The normalized spacial score (nSPS) is 17.2. The molecule has 0 heterocycles. The Labute approximate surface area is 135 Å². The lowest BCUT2D eigenvalue weighted by Gasteiger charge is -2.31. The van der Waals surface area contributed by atoms with Crippen LogP contribution in [0.5, 0.6) is 0 Å². The average molecular weight is 373 g/mol. The first-order chi connectivity index (χ1) is 9.68. The Bertz CT molecular complexity index is 569. The van der Waals surface area contributed by atoms with E-state index in [1.165, 1.54) is 0 Å². The quantitative estimate of drug-likeness (QED) is 0.468. The maximum Gasteiger partial charge on any atom is 0.309 e. The van der Waals surface area contributed by atoms with Gasteiger partial charge in [-0.2, -0.15) is 0 Å². The molecule has 0 aromatic heterocycles. The van der Waals surface area contributed by atoms with Crippen molar-refractivity contribution in [1.82, 2.24) is 0 Å². The van der Waals surface area contributed by atoms with Crippen molar-refractivity contribution in [2.24, 2.45) is 5.41 Å². The summed E-state index contributed by atoms with van der Waals surface area (Å²) in [5.41, 5.74) is 2.94. The van der Waals surface area contributed by atoms with Crippen LogP contribution in [0, 0.1) is 17.0 Å². The van der Waals surface area contributed by atoms with E-state index in [1.54, 1.807) is 31.2 Å². The number of benzene rings is 1. The van der Waals surface area contributed by atoms with E-state index < -0.39 is 12.7 Å². The molecule has 0 fully saturated rings. The molecular formula is C16H22BrO3P. The molecule has 1 aromatic carbocycles. The van der Waals surface area contributed by atoms with Crippen LogP contribution in [0.1, 0.15) is 33.3 Å². The van der Waals surface area contributed by atoms with Gasteiger partial charge in [0.15, 0.2) is 5.34 Å². The Hall–Kier alpha value is -0.590. The standard InChI is InChI=1S/C16H22BrO3P/c1-5-20-21(19,12-11-15(2,3)4)16(18,13-17)14-9-7-6-8-10-14/h6-10,18H,5,13H2,1-4H3. The monoisotopic (exact) mass is 372 g/mol. The molecule has 0 saturated heterocycles. The minimum absolute atomic E-state index is 0.0834. The molecule has 2 atom stereocenters. The Balaban J connectivity index is 3.42. The summed E-state index contributed by atoms with van der Waals surface area (Å²) in [7, 11) is -3.61. The third-order valence-electron chi connectivity index (χ3n) is 2.80. The van der Waals surface area contributed by atoms with E-state index in [-0.39, 0.29) is 17.4 Å². The first-order valence-electron chi connectivity index (χ1n) is 6.81. The van der Waals surface area contributed by atoms with E-state index in [0.29, 0.717) is 5.56 Å². The molecule has 0 aliphatic heterocycles. The molecule has 0 saturated carbocycles. The predicted octanol–water partition coefficient (Wildman–Crippen LogP) is 4.55. The van der Waals surface area contributed by atoms with Crippen LogP contribution in [0.15, 0.2) is 30.3 Å². The van der Waals surface area contributed by atoms with Gasteiger partial charge in [-0.25, -0.2) is 0 Å². The van der Waals surface area contributed by atoms with Crippen LogP contribution < -0.4 is 0 Å². The van der Waals surface area contributed by atoms with Crippen LogP contribution in [-0.2, 0) is 14.4 Å². The SMILES string of the molecule is CCOP(=O)(C#CC(C)(C)C)C(O)(CBr)c1ccccc1. The van der Waals surface area contributed by atoms with Crippen molar-refractivity contribution in [2.45, 2.75) is 33.0 Å². The van der Waals surface area contributed by atoms with Crippen molar-refractivity contribution in [2.75, 3.05) is 11.9 Å². The summed E-state index contributed by atoms with van der Waals surface area (Å²) < 4.78 is 18.7. The summed E-state index contributed by atoms with van der Waals surface area (Å²) in [6.07, 6.45) is 0. The molecule has 0 radical (unpaired) electrons. The summed E-state index contributed by atoms with van der Waals surface area (Å²) in [5, 5.41) is 9.42. The maximum absolute atomic E-state index is 13.2. The van der Waals surface area contributed by atoms with Gasteiger partial charge in [-0.1, -0.05) is 52.2 Å². The molecular weight excluding hydrogens is 351 g/mol. The molecule has 1 aromatic rings. The highest BCUT2D eigenvalue weighted by molar-refractivity contribution is 9.09. The molecule has 0 aliphatic carbocycles. The molecule has 2 unspecified atom stereocenters. The summed E-state index contributed by atoms with van der Waals surface area (Å²) in [4.78, 5) is 0. The molecule has 0 bridgehead atoms. The van der Waals surface area contributed by atoms with E-state index in [4.69, 9.17) is 4.52 Å². The van der Waals surface area contributed by atoms with Crippen LogP contribution in [0.2, 0.25) is 0 Å². The van der Waals surface area contributed by atoms with Gasteiger partial charge in [0.1, 0.15) is 0 Å². The highest BCUT2D eigenvalue weighted by atomic mass is 79.9. The van der Waals surface area contributed by atoms with Gasteiger partial charge < -0.3 is 9.63 Å². The van der Waals surface area contributed by atoms with Crippen molar-refractivity contribution < 1.29 is 14.2 Å². The van der Waals surface area contributed by atoms with Crippen molar-refractivity contribution in [1.29, 1.82) is 0 Å². The smallest absolute Gasteiger partial charge is 0.309 e. The third kappa shape index (κ3) is 4.44. The molecule has 116 valence electrons. The van der Waals surface area contributed by atoms with Gasteiger partial charge in [0, 0.05) is 10.7 Å². The van der Waals surface area contributed by atoms with E-state index in [2.05, 4.69) is 27.5 Å². The Morgan fingerprint density at radius 3 is 2.29 bits per heavy atom. The van der Waals surface area contributed by atoms with Gasteiger partial charge in [0.2, 0.25) is 0 Å². The molecule has 1 N–H and O–H groups in total. The van der Waals surface area contributed by atoms with Gasteiger partial charge >= 0.3 is 7.37 Å². The predicted molar refractivity (Wildman–Crippen MR) is 90.6 cm³/mol. The second-order valence-electron chi connectivity index (χ2n) is 5.77. The number of aliphatic hydroxyl groups is 1. The molecule has 0 aliphatic rings. The number of halogens is 1. The van der Waals surface area contributed by atoms with E-state index >= 15 is 0 Å². The van der Waals surface area contributed by atoms with E-state index in [1.807, 2.05) is 26.8 Å². The van der Waals surface area contributed by atoms with Gasteiger partial charge in [-0.05, 0) is 38.9 Å². The Morgan fingerprint density at radius 2 is 1.86 bits per heavy atom. The maximum atomic E-state index is 13.2. The van der Waals surface area contributed by atoms with Crippen molar-refractivity contribution in [3.05, 3.63) is 35.9 Å². The zero-order chi connectivity index (χ0) is 16.1. The van der Waals surface area contributed by atoms with Gasteiger partial charge in [0.25, 0.3) is 0 Å². The van der Waals surface area contributed by atoms with Crippen LogP contribution >= 0.6 is 23.3 Å².